The summed E-state index contributed by atoms with van der Waals surface area (Å²) in [6, 6.07) is 10.2. The van der Waals surface area contributed by atoms with E-state index in [0.717, 1.165) is 5.56 Å². The Morgan fingerprint density at radius 1 is 1.12 bits per heavy atom. The number of hydrogen-bond donors (Lipinski definition) is 0. The zero-order chi connectivity index (χ0) is 11.6. The Kier molecular flexibility index (Phi) is 3.16. The molecule has 1 heterocycles. The van der Waals surface area contributed by atoms with Gasteiger partial charge in [0, 0.05) is 17.7 Å². The summed E-state index contributed by atoms with van der Waals surface area (Å²) in [5, 5.41) is 0.643. The van der Waals surface area contributed by atoms with Crippen LogP contribution in [0, 0.1) is 0 Å². The summed E-state index contributed by atoms with van der Waals surface area (Å²) < 4.78 is 25.5. The van der Waals surface area contributed by atoms with Gasteiger partial charge in [0.2, 0.25) is 0 Å². The Hall–Kier alpha value is -1.07. The molecule has 5 heteroatoms. The van der Waals surface area contributed by atoms with E-state index in [2.05, 4.69) is 15.9 Å². The fraction of sp³-hybridized carbons (Fsp3) is 0.0909. The van der Waals surface area contributed by atoms with Crippen LogP contribution in [0.2, 0.25) is 0 Å². The second kappa shape index (κ2) is 4.43. The van der Waals surface area contributed by atoms with Gasteiger partial charge in [-0.1, -0.05) is 34.1 Å². The lowest BCUT2D eigenvalue weighted by atomic mass is 10.4. The van der Waals surface area contributed by atoms with Crippen molar-refractivity contribution in [1.29, 1.82) is 0 Å². The van der Waals surface area contributed by atoms with E-state index >= 15 is 0 Å². The maximum atomic E-state index is 12.1. The summed E-state index contributed by atoms with van der Waals surface area (Å²) >= 11 is 3.29. The number of benzene rings is 1. The van der Waals surface area contributed by atoms with Gasteiger partial charge < -0.3 is 0 Å². The smallest absolute Gasteiger partial charge is 0.249 e. The van der Waals surface area contributed by atoms with Crippen molar-refractivity contribution in [2.45, 2.75) is 10.2 Å². The molecule has 3 nitrogen and oxygen atoms in total. The number of alkyl halides is 1. The molecular weight excluding hydrogens is 290 g/mol. The van der Waals surface area contributed by atoms with Gasteiger partial charge in [-0.2, -0.15) is 0 Å². The zero-order valence-electron chi connectivity index (χ0n) is 8.38. The Labute approximate surface area is 103 Å². The predicted molar refractivity (Wildman–Crippen MR) is 66.1 cm³/mol. The minimum Gasteiger partial charge on any atom is -0.249 e. The molecule has 2 aromatic rings. The van der Waals surface area contributed by atoms with Gasteiger partial charge in [-0.15, -0.1) is 0 Å². The standard InChI is InChI=1S/C11H10BrNO2S/c12-8-10-6-7-13(9-10)16(14,15)11-4-2-1-3-5-11/h1-7,9H,8H2. The highest BCUT2D eigenvalue weighted by Gasteiger charge is 2.15. The van der Waals surface area contributed by atoms with Crippen LogP contribution in [-0.4, -0.2) is 12.4 Å². The second-order valence-corrected chi connectivity index (χ2v) is 5.71. The molecule has 0 amide bonds. The number of hydrogen-bond acceptors (Lipinski definition) is 2. The Balaban J connectivity index is 2.47. The van der Waals surface area contributed by atoms with Gasteiger partial charge in [0.25, 0.3) is 10.0 Å². The van der Waals surface area contributed by atoms with Crippen molar-refractivity contribution in [2.24, 2.45) is 0 Å². The number of halogens is 1. The maximum Gasteiger partial charge on any atom is 0.267 e. The van der Waals surface area contributed by atoms with E-state index in [0.29, 0.717) is 10.2 Å². The van der Waals surface area contributed by atoms with Crippen LogP contribution in [0.25, 0.3) is 0 Å². The lowest BCUT2D eigenvalue weighted by Gasteiger charge is -2.04. The fourth-order valence-corrected chi connectivity index (χ4v) is 2.93. The molecule has 0 bridgehead atoms. The summed E-state index contributed by atoms with van der Waals surface area (Å²) in [7, 11) is -3.43. The minimum atomic E-state index is -3.43. The van der Waals surface area contributed by atoms with Gasteiger partial charge in [-0.3, -0.25) is 0 Å². The topological polar surface area (TPSA) is 39.1 Å². The molecule has 0 fully saturated rings. The summed E-state index contributed by atoms with van der Waals surface area (Å²) in [5.41, 5.74) is 0.930. The number of nitrogens with zero attached hydrogens (tertiary/aromatic N) is 1. The van der Waals surface area contributed by atoms with Crippen LogP contribution in [-0.2, 0) is 15.4 Å². The first-order chi connectivity index (χ1) is 7.64. The van der Waals surface area contributed by atoms with Crippen molar-refractivity contribution in [2.75, 3.05) is 0 Å². The van der Waals surface area contributed by atoms with Crippen LogP contribution >= 0.6 is 15.9 Å². The van der Waals surface area contributed by atoms with Crippen LogP contribution < -0.4 is 0 Å². The van der Waals surface area contributed by atoms with Crippen LogP contribution in [0.1, 0.15) is 5.56 Å². The van der Waals surface area contributed by atoms with E-state index in [4.69, 9.17) is 0 Å². The van der Waals surface area contributed by atoms with Crippen molar-refractivity contribution in [3.8, 4) is 0 Å². The Morgan fingerprint density at radius 2 is 1.81 bits per heavy atom. The molecule has 0 aliphatic carbocycles. The normalized spacial score (nSPS) is 11.6. The highest BCUT2D eigenvalue weighted by atomic mass is 79.9. The predicted octanol–water partition coefficient (Wildman–Crippen LogP) is 2.62. The van der Waals surface area contributed by atoms with Gasteiger partial charge >= 0.3 is 0 Å². The van der Waals surface area contributed by atoms with Crippen molar-refractivity contribution in [3.05, 3.63) is 54.4 Å². The van der Waals surface area contributed by atoms with Crippen LogP contribution in [0.4, 0.5) is 0 Å². The van der Waals surface area contributed by atoms with Crippen LogP contribution in [0.3, 0.4) is 0 Å². The lowest BCUT2D eigenvalue weighted by molar-refractivity contribution is 0.587. The van der Waals surface area contributed by atoms with Gasteiger partial charge in [0.15, 0.2) is 0 Å². The summed E-state index contributed by atoms with van der Waals surface area (Å²) in [6.07, 6.45) is 3.16. The highest BCUT2D eigenvalue weighted by Crippen LogP contribution is 2.15. The van der Waals surface area contributed by atoms with Crippen molar-refractivity contribution < 1.29 is 8.42 Å². The van der Waals surface area contributed by atoms with Crippen molar-refractivity contribution >= 4 is 26.0 Å². The molecule has 2 rings (SSSR count). The average Bonchev–Trinajstić information content (AvgIpc) is 2.79. The Morgan fingerprint density at radius 3 is 2.38 bits per heavy atom. The van der Waals surface area contributed by atoms with Gasteiger partial charge in [-0.05, 0) is 23.8 Å². The van der Waals surface area contributed by atoms with Gasteiger partial charge in [0.1, 0.15) is 0 Å². The monoisotopic (exact) mass is 299 g/mol. The SMILES string of the molecule is O=S(=O)(c1ccccc1)n1ccc(CBr)c1. The van der Waals surface area contributed by atoms with Crippen molar-refractivity contribution in [3.63, 3.8) is 0 Å². The molecule has 0 saturated carbocycles. The minimum absolute atomic E-state index is 0.298. The quantitative estimate of drug-likeness (QED) is 0.817. The molecule has 84 valence electrons. The third-order valence-corrected chi connectivity index (χ3v) is 4.50. The number of rotatable bonds is 3. The van der Waals surface area contributed by atoms with E-state index in [-0.39, 0.29) is 0 Å². The van der Waals surface area contributed by atoms with E-state index in [1.165, 1.54) is 3.97 Å². The average molecular weight is 300 g/mol. The summed E-state index contributed by atoms with van der Waals surface area (Å²) in [6.45, 7) is 0. The second-order valence-electron chi connectivity index (χ2n) is 3.30. The Bertz CT molecular complexity index is 575. The highest BCUT2D eigenvalue weighted by molar-refractivity contribution is 9.08. The third-order valence-electron chi connectivity index (χ3n) is 2.20. The van der Waals surface area contributed by atoms with E-state index in [1.807, 2.05) is 0 Å². The molecule has 0 radical (unpaired) electrons. The molecule has 0 spiro atoms. The lowest BCUT2D eigenvalue weighted by Crippen LogP contribution is -2.10. The first-order valence-corrected chi connectivity index (χ1v) is 7.24. The molecule has 0 aliphatic rings. The molecule has 0 atom stereocenters. The first-order valence-electron chi connectivity index (χ1n) is 4.68. The summed E-state index contributed by atoms with van der Waals surface area (Å²) in [4.78, 5) is 0.298. The largest absolute Gasteiger partial charge is 0.267 e. The molecule has 16 heavy (non-hydrogen) atoms. The van der Waals surface area contributed by atoms with E-state index in [9.17, 15) is 8.42 Å². The molecule has 1 aromatic carbocycles. The molecule has 1 aromatic heterocycles. The van der Waals surface area contributed by atoms with Crippen LogP contribution in [0.15, 0.2) is 53.7 Å². The zero-order valence-corrected chi connectivity index (χ0v) is 10.8. The fourth-order valence-electron chi connectivity index (χ4n) is 1.36. The first kappa shape index (κ1) is 11.4. The van der Waals surface area contributed by atoms with Crippen molar-refractivity contribution in [1.82, 2.24) is 3.97 Å². The summed E-state index contributed by atoms with van der Waals surface area (Å²) in [5.74, 6) is 0. The molecule has 0 N–H and O–H groups in total. The molecule has 0 unspecified atom stereocenters. The van der Waals surface area contributed by atoms with E-state index < -0.39 is 10.0 Å². The van der Waals surface area contributed by atoms with Crippen LogP contribution in [0.5, 0.6) is 0 Å². The molecular formula is C11H10BrNO2S. The molecule has 0 aliphatic heterocycles. The maximum absolute atomic E-state index is 12.1. The number of aromatic nitrogens is 1. The molecule has 0 saturated heterocycles. The van der Waals surface area contributed by atoms with Gasteiger partial charge in [0.05, 0.1) is 4.90 Å². The van der Waals surface area contributed by atoms with Gasteiger partial charge in [-0.25, -0.2) is 12.4 Å². The third kappa shape index (κ3) is 2.05. The van der Waals surface area contributed by atoms with E-state index in [1.54, 1.807) is 48.8 Å².